The van der Waals surface area contributed by atoms with Gasteiger partial charge in [0.25, 0.3) is 11.8 Å². The molecule has 0 aliphatic heterocycles. The molecule has 4 rings (SSSR count). The van der Waals surface area contributed by atoms with Gasteiger partial charge in [-0.05, 0) is 55.2 Å². The standard InChI is InChI=1S/C22H21ClN4O2S/c1-13-5-6-15(20(28)26-17-7-8-17)10-18(13)27-21(29)19-12-25-22(30-19)24-11-14-3-2-4-16(23)9-14/h2-6,9-10,12,17H,7-8,11H2,1H3,(H,24,25)(H,26,28)(H,27,29). The Hall–Kier alpha value is -2.90. The quantitative estimate of drug-likeness (QED) is 0.489. The first-order valence-corrected chi connectivity index (χ1v) is 10.8. The summed E-state index contributed by atoms with van der Waals surface area (Å²) in [4.78, 5) is 29.7. The van der Waals surface area contributed by atoms with Gasteiger partial charge >= 0.3 is 0 Å². The van der Waals surface area contributed by atoms with Crippen molar-refractivity contribution in [2.45, 2.75) is 32.4 Å². The third-order valence-corrected chi connectivity index (χ3v) is 5.91. The van der Waals surface area contributed by atoms with Crippen LogP contribution in [0.3, 0.4) is 0 Å². The largest absolute Gasteiger partial charge is 0.357 e. The third kappa shape index (κ3) is 5.17. The number of nitrogens with one attached hydrogen (secondary N) is 3. The fourth-order valence-electron chi connectivity index (χ4n) is 2.86. The van der Waals surface area contributed by atoms with Crippen LogP contribution in [-0.2, 0) is 6.54 Å². The van der Waals surface area contributed by atoms with Gasteiger partial charge in [-0.3, -0.25) is 9.59 Å². The summed E-state index contributed by atoms with van der Waals surface area (Å²) in [5.74, 6) is -0.371. The number of anilines is 2. The van der Waals surface area contributed by atoms with Gasteiger partial charge in [-0.1, -0.05) is 41.1 Å². The van der Waals surface area contributed by atoms with Gasteiger partial charge < -0.3 is 16.0 Å². The lowest BCUT2D eigenvalue weighted by Crippen LogP contribution is -2.25. The van der Waals surface area contributed by atoms with Crippen molar-refractivity contribution < 1.29 is 9.59 Å². The molecule has 1 heterocycles. The molecule has 8 heteroatoms. The first kappa shape index (κ1) is 20.4. The van der Waals surface area contributed by atoms with Crippen molar-refractivity contribution in [1.29, 1.82) is 0 Å². The highest BCUT2D eigenvalue weighted by Crippen LogP contribution is 2.24. The fourth-order valence-corrected chi connectivity index (χ4v) is 3.78. The molecule has 3 aromatic rings. The van der Waals surface area contributed by atoms with Crippen molar-refractivity contribution in [3.63, 3.8) is 0 Å². The molecule has 1 aliphatic rings. The van der Waals surface area contributed by atoms with Crippen LogP contribution in [0.1, 0.15) is 44.0 Å². The van der Waals surface area contributed by atoms with Gasteiger partial charge in [0.1, 0.15) is 4.88 Å². The molecule has 1 fully saturated rings. The Morgan fingerprint density at radius 2 is 2.00 bits per heavy atom. The number of halogens is 1. The number of aryl methyl sites for hydroxylation is 1. The number of hydrogen-bond acceptors (Lipinski definition) is 5. The van der Waals surface area contributed by atoms with Crippen molar-refractivity contribution in [3.05, 3.63) is 75.3 Å². The monoisotopic (exact) mass is 440 g/mol. The summed E-state index contributed by atoms with van der Waals surface area (Å²) in [5.41, 5.74) is 3.07. The molecule has 0 radical (unpaired) electrons. The minimum atomic E-state index is -0.258. The highest BCUT2D eigenvalue weighted by Gasteiger charge is 2.24. The lowest BCUT2D eigenvalue weighted by Gasteiger charge is -2.10. The van der Waals surface area contributed by atoms with Crippen LogP contribution in [0.25, 0.3) is 0 Å². The van der Waals surface area contributed by atoms with E-state index in [1.165, 1.54) is 11.3 Å². The van der Waals surface area contributed by atoms with Gasteiger partial charge in [0.2, 0.25) is 0 Å². The van der Waals surface area contributed by atoms with Gasteiger partial charge in [-0.15, -0.1) is 0 Å². The van der Waals surface area contributed by atoms with E-state index in [0.717, 1.165) is 24.0 Å². The minimum absolute atomic E-state index is 0.113. The molecule has 3 N–H and O–H groups in total. The fraction of sp³-hybridized carbons (Fsp3) is 0.227. The molecule has 2 amide bonds. The van der Waals surface area contributed by atoms with E-state index in [4.69, 9.17) is 11.6 Å². The summed E-state index contributed by atoms with van der Waals surface area (Å²) in [6, 6.07) is 13.2. The Labute approximate surface area is 183 Å². The van der Waals surface area contributed by atoms with Crippen molar-refractivity contribution in [3.8, 4) is 0 Å². The molecule has 0 atom stereocenters. The molecule has 30 heavy (non-hydrogen) atoms. The second kappa shape index (κ2) is 8.85. The molecule has 1 saturated carbocycles. The van der Waals surface area contributed by atoms with Crippen molar-refractivity contribution in [1.82, 2.24) is 10.3 Å². The Balaban J connectivity index is 1.39. The average Bonchev–Trinajstić information content (AvgIpc) is 3.41. The van der Waals surface area contributed by atoms with Crippen molar-refractivity contribution in [2.75, 3.05) is 10.6 Å². The lowest BCUT2D eigenvalue weighted by molar-refractivity contribution is 0.0949. The van der Waals surface area contributed by atoms with Crippen LogP contribution in [0, 0.1) is 6.92 Å². The van der Waals surface area contributed by atoms with E-state index in [2.05, 4.69) is 20.9 Å². The number of carbonyl (C=O) groups is 2. The third-order valence-electron chi connectivity index (χ3n) is 4.72. The first-order chi connectivity index (χ1) is 14.5. The summed E-state index contributed by atoms with van der Waals surface area (Å²) >= 11 is 7.27. The Kier molecular flexibility index (Phi) is 6.01. The van der Waals surface area contributed by atoms with E-state index >= 15 is 0 Å². The van der Waals surface area contributed by atoms with Gasteiger partial charge in [-0.25, -0.2) is 4.98 Å². The zero-order valence-electron chi connectivity index (χ0n) is 16.4. The predicted octanol–water partition coefficient (Wildman–Crippen LogP) is 4.86. The zero-order chi connectivity index (χ0) is 21.1. The molecular formula is C22H21ClN4O2S. The van der Waals surface area contributed by atoms with E-state index in [1.807, 2.05) is 37.3 Å². The van der Waals surface area contributed by atoms with Crippen LogP contribution in [0.4, 0.5) is 10.8 Å². The van der Waals surface area contributed by atoms with Crippen LogP contribution >= 0.6 is 22.9 Å². The lowest BCUT2D eigenvalue weighted by atomic mass is 10.1. The topological polar surface area (TPSA) is 83.1 Å². The number of benzene rings is 2. The number of hydrogen-bond donors (Lipinski definition) is 3. The minimum Gasteiger partial charge on any atom is -0.357 e. The summed E-state index contributed by atoms with van der Waals surface area (Å²) < 4.78 is 0. The molecule has 1 aliphatic carbocycles. The van der Waals surface area contributed by atoms with E-state index in [-0.39, 0.29) is 17.9 Å². The normalized spacial score (nSPS) is 13.0. The van der Waals surface area contributed by atoms with Gasteiger partial charge in [0.05, 0.1) is 6.20 Å². The smallest absolute Gasteiger partial charge is 0.267 e. The molecule has 154 valence electrons. The summed E-state index contributed by atoms with van der Waals surface area (Å²) in [6.45, 7) is 2.45. The number of thiazole rings is 1. The summed E-state index contributed by atoms with van der Waals surface area (Å²) in [6.07, 6.45) is 3.60. The van der Waals surface area contributed by atoms with Gasteiger partial charge in [0, 0.05) is 28.9 Å². The molecular weight excluding hydrogens is 420 g/mol. The second-order valence-corrected chi connectivity index (χ2v) is 8.71. The van der Waals surface area contributed by atoms with Crippen molar-refractivity contribution >= 4 is 45.6 Å². The Morgan fingerprint density at radius 1 is 1.17 bits per heavy atom. The number of rotatable bonds is 7. The molecule has 2 aromatic carbocycles. The van der Waals surface area contributed by atoms with E-state index in [9.17, 15) is 9.59 Å². The second-order valence-electron chi connectivity index (χ2n) is 7.24. The Morgan fingerprint density at radius 3 is 2.77 bits per heavy atom. The van der Waals surface area contributed by atoms with Gasteiger partial charge in [0.15, 0.2) is 5.13 Å². The van der Waals surface area contributed by atoms with Crippen LogP contribution in [-0.4, -0.2) is 22.8 Å². The van der Waals surface area contributed by atoms with E-state index in [1.54, 1.807) is 18.3 Å². The number of aromatic nitrogens is 1. The predicted molar refractivity (Wildman–Crippen MR) is 121 cm³/mol. The number of nitrogens with zero attached hydrogens (tertiary/aromatic N) is 1. The van der Waals surface area contributed by atoms with Crippen LogP contribution in [0.5, 0.6) is 0 Å². The molecule has 0 spiro atoms. The van der Waals surface area contributed by atoms with Gasteiger partial charge in [-0.2, -0.15) is 0 Å². The maximum Gasteiger partial charge on any atom is 0.267 e. The molecule has 1 aromatic heterocycles. The van der Waals surface area contributed by atoms with Crippen LogP contribution in [0.2, 0.25) is 5.02 Å². The maximum atomic E-state index is 12.7. The summed E-state index contributed by atoms with van der Waals surface area (Å²) in [7, 11) is 0. The van der Waals surface area contributed by atoms with Crippen LogP contribution < -0.4 is 16.0 Å². The van der Waals surface area contributed by atoms with Crippen molar-refractivity contribution in [2.24, 2.45) is 0 Å². The highest BCUT2D eigenvalue weighted by molar-refractivity contribution is 7.17. The van der Waals surface area contributed by atoms with E-state index in [0.29, 0.717) is 32.8 Å². The molecule has 0 bridgehead atoms. The Bertz CT molecular complexity index is 1090. The molecule has 0 saturated heterocycles. The number of amides is 2. The maximum absolute atomic E-state index is 12.7. The zero-order valence-corrected chi connectivity index (χ0v) is 17.9. The van der Waals surface area contributed by atoms with Crippen LogP contribution in [0.15, 0.2) is 48.7 Å². The number of carbonyl (C=O) groups excluding carboxylic acids is 2. The summed E-state index contributed by atoms with van der Waals surface area (Å²) in [5, 5.41) is 10.4. The SMILES string of the molecule is Cc1ccc(C(=O)NC2CC2)cc1NC(=O)c1cnc(NCc2cccc(Cl)c2)s1. The average molecular weight is 441 g/mol. The highest BCUT2D eigenvalue weighted by atomic mass is 35.5. The first-order valence-electron chi connectivity index (χ1n) is 9.65. The molecule has 0 unspecified atom stereocenters. The van der Waals surface area contributed by atoms with E-state index < -0.39 is 0 Å². The molecule has 6 nitrogen and oxygen atoms in total.